The first kappa shape index (κ1) is 24.1. The molecule has 0 spiro atoms. The fourth-order valence-electron chi connectivity index (χ4n) is 6.62. The molecular weight excluding hydrogens is 450 g/mol. The molecule has 3 aliphatic rings. The predicted molar refractivity (Wildman–Crippen MR) is 134 cm³/mol. The molecule has 1 aliphatic carbocycles. The zero-order valence-electron chi connectivity index (χ0n) is 20.1. The zero-order chi connectivity index (χ0) is 23.5. The molecule has 1 aromatic carbocycles. The number of ether oxygens (including phenoxy) is 1. The Bertz CT molecular complexity index is 957. The number of hydrogen-bond donors (Lipinski definition) is 1. The molecular formula is C27H38ClN3O3. The Morgan fingerprint density at radius 1 is 1.12 bits per heavy atom. The molecule has 3 heterocycles. The lowest BCUT2D eigenvalue weighted by molar-refractivity contribution is -0.133. The standard InChI is InChI=1S/C27H38ClN3O3/c28-21-8-9-22-24(17-21)34-30-26(22)20-11-14-31(15-12-20)13-10-18-4-6-19(7-5-18)25(27(29)32)23-3-1-2-16-33-23/h8-9,17-20,23,25H,1-7,10-16H2,(H2,29,32)/t18?,19?,23-,25?/m0/s1. The van der Waals surface area contributed by atoms with Crippen LogP contribution in [0.25, 0.3) is 11.0 Å². The maximum absolute atomic E-state index is 12.2. The third-order valence-electron chi connectivity index (χ3n) is 8.63. The van der Waals surface area contributed by atoms with E-state index in [2.05, 4.69) is 10.1 Å². The molecule has 3 fully saturated rings. The number of carbonyl (C=O) groups is 1. The van der Waals surface area contributed by atoms with Crippen LogP contribution in [0.3, 0.4) is 0 Å². The molecule has 186 valence electrons. The van der Waals surface area contributed by atoms with Gasteiger partial charge in [0.05, 0.1) is 17.7 Å². The molecule has 2 aromatic rings. The molecule has 34 heavy (non-hydrogen) atoms. The number of hydrogen-bond acceptors (Lipinski definition) is 5. The van der Waals surface area contributed by atoms with Crippen molar-refractivity contribution in [1.29, 1.82) is 0 Å². The highest BCUT2D eigenvalue weighted by Crippen LogP contribution is 2.39. The number of aromatic nitrogens is 1. The van der Waals surface area contributed by atoms with Crippen LogP contribution < -0.4 is 5.73 Å². The van der Waals surface area contributed by atoms with Gasteiger partial charge in [0.1, 0.15) is 0 Å². The Hall–Kier alpha value is -1.63. The normalized spacial score (nSPS) is 28.2. The number of likely N-dealkylation sites (tertiary alicyclic amines) is 1. The molecule has 2 atom stereocenters. The van der Waals surface area contributed by atoms with Crippen LogP contribution in [0.1, 0.15) is 75.8 Å². The van der Waals surface area contributed by atoms with E-state index in [4.69, 9.17) is 26.6 Å². The Morgan fingerprint density at radius 3 is 2.62 bits per heavy atom. The van der Waals surface area contributed by atoms with Gasteiger partial charge in [0.25, 0.3) is 0 Å². The van der Waals surface area contributed by atoms with Crippen LogP contribution in [0.2, 0.25) is 5.02 Å². The average molecular weight is 488 g/mol. The van der Waals surface area contributed by atoms with Crippen LogP contribution in [0, 0.1) is 17.8 Å². The number of nitrogens with zero attached hydrogens (tertiary/aromatic N) is 2. The van der Waals surface area contributed by atoms with Crippen molar-refractivity contribution in [2.45, 2.75) is 76.2 Å². The van der Waals surface area contributed by atoms with E-state index >= 15 is 0 Å². The summed E-state index contributed by atoms with van der Waals surface area (Å²) < 4.78 is 11.5. The molecule has 2 N–H and O–H groups in total. The number of rotatable bonds is 7. The first-order valence-electron chi connectivity index (χ1n) is 13.3. The molecule has 2 aliphatic heterocycles. The van der Waals surface area contributed by atoms with Gasteiger partial charge in [0.15, 0.2) is 5.58 Å². The summed E-state index contributed by atoms with van der Waals surface area (Å²) in [4.78, 5) is 14.8. The van der Waals surface area contributed by atoms with Gasteiger partial charge in [-0.2, -0.15) is 0 Å². The number of halogens is 1. The second kappa shape index (κ2) is 11.0. The number of benzene rings is 1. The SMILES string of the molecule is NC(=O)C(C1CCC(CCN2CCC(c3noc4cc(Cl)ccc34)CC2)CC1)[C@@H]1CCCCO1. The van der Waals surface area contributed by atoms with Crippen molar-refractivity contribution in [2.24, 2.45) is 23.5 Å². The van der Waals surface area contributed by atoms with E-state index < -0.39 is 0 Å². The second-order valence-electron chi connectivity index (χ2n) is 10.7. The quantitative estimate of drug-likeness (QED) is 0.555. The summed E-state index contributed by atoms with van der Waals surface area (Å²) in [5.41, 5.74) is 7.71. The predicted octanol–water partition coefficient (Wildman–Crippen LogP) is 5.53. The van der Waals surface area contributed by atoms with Crippen molar-refractivity contribution < 1.29 is 14.1 Å². The summed E-state index contributed by atoms with van der Waals surface area (Å²) in [6.07, 6.45) is 11.5. The van der Waals surface area contributed by atoms with E-state index in [0.717, 1.165) is 87.2 Å². The Labute approximate surface area is 207 Å². The fraction of sp³-hybridized carbons (Fsp3) is 0.704. The lowest BCUT2D eigenvalue weighted by Gasteiger charge is -2.38. The Morgan fingerprint density at radius 2 is 1.91 bits per heavy atom. The Kier molecular flexibility index (Phi) is 7.77. The van der Waals surface area contributed by atoms with Gasteiger partial charge in [-0.3, -0.25) is 4.79 Å². The van der Waals surface area contributed by atoms with Gasteiger partial charge in [-0.25, -0.2) is 0 Å². The van der Waals surface area contributed by atoms with Gasteiger partial charge in [0, 0.05) is 29.0 Å². The van der Waals surface area contributed by atoms with Crippen LogP contribution in [0.5, 0.6) is 0 Å². The highest BCUT2D eigenvalue weighted by atomic mass is 35.5. The van der Waals surface area contributed by atoms with Crippen LogP contribution in [-0.2, 0) is 9.53 Å². The zero-order valence-corrected chi connectivity index (χ0v) is 20.8. The second-order valence-corrected chi connectivity index (χ2v) is 11.2. The number of nitrogens with two attached hydrogens (primary N) is 1. The van der Waals surface area contributed by atoms with E-state index in [0.29, 0.717) is 16.9 Å². The summed E-state index contributed by atoms with van der Waals surface area (Å²) in [5.74, 6) is 1.38. The smallest absolute Gasteiger partial charge is 0.223 e. The first-order valence-corrected chi connectivity index (χ1v) is 13.6. The van der Waals surface area contributed by atoms with Crippen molar-refractivity contribution in [3.63, 3.8) is 0 Å². The first-order chi connectivity index (χ1) is 16.6. The largest absolute Gasteiger partial charge is 0.377 e. The summed E-state index contributed by atoms with van der Waals surface area (Å²) >= 11 is 6.08. The highest BCUT2D eigenvalue weighted by Gasteiger charge is 2.37. The number of fused-ring (bicyclic) bond motifs is 1. The monoisotopic (exact) mass is 487 g/mol. The van der Waals surface area contributed by atoms with E-state index in [1.807, 2.05) is 18.2 Å². The number of primary amides is 1. The van der Waals surface area contributed by atoms with Crippen LogP contribution in [0.15, 0.2) is 22.7 Å². The molecule has 0 radical (unpaired) electrons. The molecule has 1 saturated carbocycles. The maximum Gasteiger partial charge on any atom is 0.223 e. The fourth-order valence-corrected chi connectivity index (χ4v) is 6.79. The topological polar surface area (TPSA) is 81.6 Å². The molecule has 1 amide bonds. The number of piperidine rings is 1. The number of amides is 1. The summed E-state index contributed by atoms with van der Waals surface area (Å²) in [5, 5.41) is 6.17. The number of carbonyl (C=O) groups excluding carboxylic acids is 1. The van der Waals surface area contributed by atoms with E-state index in [-0.39, 0.29) is 17.9 Å². The summed E-state index contributed by atoms with van der Waals surface area (Å²) in [6.45, 7) is 4.18. The molecule has 1 aromatic heterocycles. The average Bonchev–Trinajstić information content (AvgIpc) is 3.27. The minimum absolute atomic E-state index is 0.0490. The lowest BCUT2D eigenvalue weighted by atomic mass is 9.72. The van der Waals surface area contributed by atoms with E-state index in [9.17, 15) is 4.79 Å². The lowest BCUT2D eigenvalue weighted by Crippen LogP contribution is -2.43. The van der Waals surface area contributed by atoms with Crippen molar-refractivity contribution in [1.82, 2.24) is 10.1 Å². The van der Waals surface area contributed by atoms with E-state index in [1.54, 1.807) is 0 Å². The summed E-state index contributed by atoms with van der Waals surface area (Å²) in [6, 6.07) is 5.81. The van der Waals surface area contributed by atoms with Gasteiger partial charge in [-0.15, -0.1) is 0 Å². The van der Waals surface area contributed by atoms with Crippen molar-refractivity contribution in [3.05, 3.63) is 28.9 Å². The van der Waals surface area contributed by atoms with E-state index in [1.165, 1.54) is 25.8 Å². The molecule has 6 nitrogen and oxygen atoms in total. The maximum atomic E-state index is 12.2. The molecule has 1 unspecified atom stereocenters. The third-order valence-corrected chi connectivity index (χ3v) is 8.87. The third kappa shape index (κ3) is 5.44. The van der Waals surface area contributed by atoms with Crippen molar-refractivity contribution in [3.8, 4) is 0 Å². The van der Waals surface area contributed by atoms with Gasteiger partial charge in [0.2, 0.25) is 5.91 Å². The van der Waals surface area contributed by atoms with Gasteiger partial charge in [-0.1, -0.05) is 29.6 Å². The summed E-state index contributed by atoms with van der Waals surface area (Å²) in [7, 11) is 0. The van der Waals surface area contributed by atoms with Crippen LogP contribution in [0.4, 0.5) is 0 Å². The molecule has 5 rings (SSSR count). The molecule has 2 saturated heterocycles. The highest BCUT2D eigenvalue weighted by molar-refractivity contribution is 6.31. The van der Waals surface area contributed by atoms with Gasteiger partial charge in [-0.05, 0) is 95.0 Å². The minimum atomic E-state index is -0.152. The van der Waals surface area contributed by atoms with Crippen LogP contribution >= 0.6 is 11.6 Å². The van der Waals surface area contributed by atoms with Gasteiger partial charge < -0.3 is 19.9 Å². The molecule has 0 bridgehead atoms. The minimum Gasteiger partial charge on any atom is -0.377 e. The molecule has 7 heteroatoms. The van der Waals surface area contributed by atoms with Crippen molar-refractivity contribution in [2.75, 3.05) is 26.2 Å². The van der Waals surface area contributed by atoms with Crippen molar-refractivity contribution >= 4 is 28.5 Å². The Balaban J connectivity index is 1.06. The van der Waals surface area contributed by atoms with Crippen LogP contribution in [-0.4, -0.2) is 48.3 Å². The van der Waals surface area contributed by atoms with Gasteiger partial charge >= 0.3 is 0 Å².